The molecule has 0 saturated carbocycles. The summed E-state index contributed by atoms with van der Waals surface area (Å²) in [5.41, 5.74) is 0.496. The van der Waals surface area contributed by atoms with Crippen molar-refractivity contribution < 1.29 is 5.11 Å². The summed E-state index contributed by atoms with van der Waals surface area (Å²) in [4.78, 5) is 18.7. The zero-order chi connectivity index (χ0) is 13.3. The zero-order valence-corrected chi connectivity index (χ0v) is 11.7. The highest BCUT2D eigenvalue weighted by Crippen LogP contribution is 2.26. The summed E-state index contributed by atoms with van der Waals surface area (Å²) in [6.07, 6.45) is 0. The molecule has 0 amide bonds. The van der Waals surface area contributed by atoms with Gasteiger partial charge in [-0.3, -0.25) is 4.79 Å². The van der Waals surface area contributed by atoms with E-state index < -0.39 is 0 Å². The molecule has 18 heavy (non-hydrogen) atoms. The molecular weight excluding hydrogens is 296 g/mol. The maximum absolute atomic E-state index is 12.0. The molecule has 0 saturated heterocycles. The van der Waals surface area contributed by atoms with E-state index in [9.17, 15) is 9.90 Å². The monoisotopic (exact) mass is 308 g/mol. The molecule has 4 nitrogen and oxygen atoms in total. The maximum atomic E-state index is 12.0. The normalized spacial score (nSPS) is 10.9. The maximum Gasteiger partial charge on any atom is 0.262 e. The van der Waals surface area contributed by atoms with Gasteiger partial charge in [-0.05, 0) is 17.7 Å². The van der Waals surface area contributed by atoms with Crippen molar-refractivity contribution >= 4 is 15.9 Å². The number of nitrogens with zero attached hydrogens (tertiary/aromatic N) is 1. The number of H-pyrrole nitrogens is 1. The van der Waals surface area contributed by atoms with Gasteiger partial charge in [0.25, 0.3) is 5.56 Å². The molecule has 1 aromatic carbocycles. The molecule has 0 radical (unpaired) electrons. The number of hydrogen-bond acceptors (Lipinski definition) is 3. The van der Waals surface area contributed by atoms with Gasteiger partial charge in [0.15, 0.2) is 0 Å². The lowest BCUT2D eigenvalue weighted by Gasteiger charge is -2.08. The Morgan fingerprint density at radius 3 is 2.67 bits per heavy atom. The molecule has 1 heterocycles. The quantitative estimate of drug-likeness (QED) is 0.896. The summed E-state index contributed by atoms with van der Waals surface area (Å²) < 4.78 is 0.840. The molecule has 0 bridgehead atoms. The Balaban J connectivity index is 2.63. The number of aromatic nitrogens is 2. The van der Waals surface area contributed by atoms with Crippen LogP contribution in [0.25, 0.3) is 11.1 Å². The lowest BCUT2D eigenvalue weighted by molar-refractivity contribution is 0.448. The topological polar surface area (TPSA) is 66.0 Å². The number of nitrogens with one attached hydrogen (secondary N) is 1. The van der Waals surface area contributed by atoms with Crippen LogP contribution in [0.15, 0.2) is 33.5 Å². The first kappa shape index (κ1) is 12.8. The van der Waals surface area contributed by atoms with Gasteiger partial charge in [-0.15, -0.1) is 0 Å². The van der Waals surface area contributed by atoms with Crippen molar-refractivity contribution in [2.45, 2.75) is 19.8 Å². The van der Waals surface area contributed by atoms with Gasteiger partial charge >= 0.3 is 0 Å². The van der Waals surface area contributed by atoms with Crippen LogP contribution >= 0.6 is 15.9 Å². The standard InChI is InChI=1S/C13H13BrN2O2/c1-7(2)11-15-12(17)10(13(18)16-11)8-4-3-5-9(14)6-8/h3-7H,1-2H3,(H2,15,16,17,18). The van der Waals surface area contributed by atoms with Crippen LogP contribution in [0.2, 0.25) is 0 Å². The van der Waals surface area contributed by atoms with E-state index in [4.69, 9.17) is 0 Å². The van der Waals surface area contributed by atoms with E-state index in [2.05, 4.69) is 25.9 Å². The van der Waals surface area contributed by atoms with Crippen molar-refractivity contribution in [2.24, 2.45) is 0 Å². The summed E-state index contributed by atoms with van der Waals surface area (Å²) in [7, 11) is 0. The summed E-state index contributed by atoms with van der Waals surface area (Å²) in [5, 5.41) is 9.92. The van der Waals surface area contributed by atoms with Crippen LogP contribution in [-0.2, 0) is 0 Å². The SMILES string of the molecule is CC(C)c1nc(O)c(-c2cccc(Br)c2)c(=O)[nH]1. The molecule has 0 fully saturated rings. The van der Waals surface area contributed by atoms with Gasteiger partial charge in [0.2, 0.25) is 5.88 Å². The number of hydrogen-bond donors (Lipinski definition) is 2. The Morgan fingerprint density at radius 1 is 1.39 bits per heavy atom. The number of benzene rings is 1. The van der Waals surface area contributed by atoms with Crippen LogP contribution < -0.4 is 5.56 Å². The number of halogens is 1. The first-order valence-electron chi connectivity index (χ1n) is 5.58. The summed E-state index contributed by atoms with van der Waals surface area (Å²) in [6.45, 7) is 3.80. The van der Waals surface area contributed by atoms with Crippen molar-refractivity contribution in [1.29, 1.82) is 0 Å². The molecule has 0 aliphatic rings. The Bertz CT molecular complexity index is 635. The molecule has 0 spiro atoms. The van der Waals surface area contributed by atoms with Crippen LogP contribution in [0, 0.1) is 0 Å². The van der Waals surface area contributed by atoms with Gasteiger partial charge in [-0.2, -0.15) is 4.98 Å². The van der Waals surface area contributed by atoms with Gasteiger partial charge in [0, 0.05) is 10.4 Å². The number of aromatic amines is 1. The Kier molecular flexibility index (Phi) is 3.52. The number of aromatic hydroxyl groups is 1. The fourth-order valence-electron chi connectivity index (χ4n) is 1.66. The van der Waals surface area contributed by atoms with Crippen molar-refractivity contribution in [3.05, 3.63) is 44.9 Å². The first-order valence-corrected chi connectivity index (χ1v) is 6.37. The molecule has 0 unspecified atom stereocenters. The molecule has 0 atom stereocenters. The lowest BCUT2D eigenvalue weighted by atomic mass is 10.1. The first-order chi connectivity index (χ1) is 8.49. The zero-order valence-electron chi connectivity index (χ0n) is 10.1. The van der Waals surface area contributed by atoms with Crippen molar-refractivity contribution in [2.75, 3.05) is 0 Å². The van der Waals surface area contributed by atoms with E-state index in [1.165, 1.54) is 0 Å². The van der Waals surface area contributed by atoms with Gasteiger partial charge < -0.3 is 10.1 Å². The van der Waals surface area contributed by atoms with Crippen molar-refractivity contribution in [3.63, 3.8) is 0 Å². The molecule has 5 heteroatoms. The van der Waals surface area contributed by atoms with Gasteiger partial charge in [0.1, 0.15) is 11.4 Å². The van der Waals surface area contributed by atoms with Crippen molar-refractivity contribution in [3.8, 4) is 17.0 Å². The Hall–Kier alpha value is -1.62. The molecule has 94 valence electrons. The van der Waals surface area contributed by atoms with Gasteiger partial charge in [0.05, 0.1) is 0 Å². The highest BCUT2D eigenvalue weighted by Gasteiger charge is 2.14. The minimum atomic E-state index is -0.329. The van der Waals surface area contributed by atoms with Gasteiger partial charge in [-0.25, -0.2) is 0 Å². The molecule has 0 aliphatic carbocycles. The minimum Gasteiger partial charge on any atom is -0.493 e. The van der Waals surface area contributed by atoms with Crippen LogP contribution in [0.1, 0.15) is 25.6 Å². The van der Waals surface area contributed by atoms with Crippen LogP contribution in [0.4, 0.5) is 0 Å². The fraction of sp³-hybridized carbons (Fsp3) is 0.231. The largest absolute Gasteiger partial charge is 0.493 e. The highest BCUT2D eigenvalue weighted by molar-refractivity contribution is 9.10. The van der Waals surface area contributed by atoms with Crippen LogP contribution in [-0.4, -0.2) is 15.1 Å². The number of rotatable bonds is 2. The predicted octanol–water partition coefficient (Wildman–Crippen LogP) is 3.03. The second-order valence-electron chi connectivity index (χ2n) is 4.31. The molecule has 1 aromatic heterocycles. The smallest absolute Gasteiger partial charge is 0.262 e. The summed E-state index contributed by atoms with van der Waals surface area (Å²) >= 11 is 3.33. The molecule has 0 aliphatic heterocycles. The molecule has 2 rings (SSSR count). The second kappa shape index (κ2) is 4.94. The van der Waals surface area contributed by atoms with Gasteiger partial charge in [-0.1, -0.05) is 41.9 Å². The van der Waals surface area contributed by atoms with E-state index >= 15 is 0 Å². The average molecular weight is 309 g/mol. The summed E-state index contributed by atoms with van der Waals surface area (Å²) in [5.74, 6) is 0.303. The molecule has 2 N–H and O–H groups in total. The Morgan fingerprint density at radius 2 is 2.11 bits per heavy atom. The average Bonchev–Trinajstić information content (AvgIpc) is 2.27. The van der Waals surface area contributed by atoms with E-state index in [1.807, 2.05) is 19.9 Å². The van der Waals surface area contributed by atoms with Crippen LogP contribution in [0.5, 0.6) is 5.88 Å². The highest BCUT2D eigenvalue weighted by atomic mass is 79.9. The van der Waals surface area contributed by atoms with Crippen LogP contribution in [0.3, 0.4) is 0 Å². The van der Waals surface area contributed by atoms with E-state index in [0.717, 1.165) is 4.47 Å². The molecule has 2 aromatic rings. The minimum absolute atomic E-state index is 0.0557. The van der Waals surface area contributed by atoms with E-state index in [-0.39, 0.29) is 22.9 Å². The fourth-order valence-corrected chi connectivity index (χ4v) is 2.06. The third-order valence-corrected chi connectivity index (χ3v) is 3.07. The predicted molar refractivity (Wildman–Crippen MR) is 73.7 cm³/mol. The molecular formula is C13H13BrN2O2. The second-order valence-corrected chi connectivity index (χ2v) is 5.23. The summed E-state index contributed by atoms with van der Waals surface area (Å²) in [6, 6.07) is 7.17. The van der Waals surface area contributed by atoms with E-state index in [1.54, 1.807) is 18.2 Å². The lowest BCUT2D eigenvalue weighted by Crippen LogP contribution is -2.14. The third kappa shape index (κ3) is 2.46. The van der Waals surface area contributed by atoms with E-state index in [0.29, 0.717) is 11.4 Å². The third-order valence-electron chi connectivity index (χ3n) is 2.58. The Labute approximate surface area is 113 Å². The van der Waals surface area contributed by atoms with Crippen molar-refractivity contribution in [1.82, 2.24) is 9.97 Å².